The summed E-state index contributed by atoms with van der Waals surface area (Å²) in [7, 11) is 0. The Hall–Kier alpha value is -1.74. The van der Waals surface area contributed by atoms with E-state index in [0.717, 1.165) is 18.9 Å². The van der Waals surface area contributed by atoms with E-state index in [2.05, 4.69) is 20.1 Å². The van der Waals surface area contributed by atoms with Crippen LogP contribution in [0.4, 0.5) is 0 Å². The molecule has 8 nitrogen and oxygen atoms in total. The van der Waals surface area contributed by atoms with E-state index in [4.69, 9.17) is 28.4 Å². The summed E-state index contributed by atoms with van der Waals surface area (Å²) >= 11 is 0. The first-order valence-corrected chi connectivity index (χ1v) is 17.0. The van der Waals surface area contributed by atoms with Gasteiger partial charge in [-0.3, -0.25) is 0 Å². The molecule has 8 heteroatoms. The highest BCUT2D eigenvalue weighted by molar-refractivity contribution is 5.81. The summed E-state index contributed by atoms with van der Waals surface area (Å²) in [6.07, 6.45) is 25.8. The Balaban J connectivity index is 0.000000892. The van der Waals surface area contributed by atoms with E-state index in [1.807, 2.05) is 13.8 Å². The van der Waals surface area contributed by atoms with Crippen molar-refractivity contribution in [3.8, 4) is 0 Å². The topological polar surface area (TPSA) is 89.5 Å². The lowest BCUT2D eigenvalue weighted by atomic mass is 10.0. The third kappa shape index (κ3) is 28.8. The number of ether oxygens (including phenoxy) is 6. The maximum atomic E-state index is 11.1. The van der Waals surface area contributed by atoms with Gasteiger partial charge in [0, 0.05) is 18.8 Å². The predicted octanol–water partition coefficient (Wildman–Crippen LogP) is 8.61. The number of carbonyl (C=O) groups excluding carboxylic acids is 2. The maximum absolute atomic E-state index is 11.1. The molecule has 0 bridgehead atoms. The molecule has 0 saturated carbocycles. The molecule has 0 aromatic heterocycles. The van der Waals surface area contributed by atoms with Crippen molar-refractivity contribution in [2.45, 2.75) is 155 Å². The molecular formula is C35H64O8. The van der Waals surface area contributed by atoms with Crippen LogP contribution in [0.25, 0.3) is 0 Å². The van der Waals surface area contributed by atoms with E-state index in [1.165, 1.54) is 109 Å². The smallest absolute Gasteiger partial charge is 0.332 e. The molecule has 1 rings (SSSR count). The van der Waals surface area contributed by atoms with Gasteiger partial charge in [0.05, 0.1) is 25.9 Å². The lowest BCUT2D eigenvalue weighted by molar-refractivity contribution is -0.185. The third-order valence-electron chi connectivity index (χ3n) is 7.16. The SMILES string of the molecule is C=CC(=O)OC(C)CCCCCCCCCCCCCCCCCCC.C=CC(=O)OC1COCC(OCC)OCCO1. The lowest BCUT2D eigenvalue weighted by Crippen LogP contribution is -2.27. The molecule has 0 N–H and O–H groups in total. The van der Waals surface area contributed by atoms with Crippen molar-refractivity contribution in [1.29, 1.82) is 0 Å². The molecule has 0 aromatic carbocycles. The molecule has 0 radical (unpaired) electrons. The van der Waals surface area contributed by atoms with Crippen molar-refractivity contribution in [3.05, 3.63) is 25.3 Å². The fourth-order valence-corrected chi connectivity index (χ4v) is 4.71. The zero-order valence-electron chi connectivity index (χ0n) is 27.8. The second-order valence-electron chi connectivity index (χ2n) is 11.1. The fourth-order valence-electron chi connectivity index (χ4n) is 4.71. The van der Waals surface area contributed by atoms with E-state index in [0.29, 0.717) is 19.8 Å². The van der Waals surface area contributed by atoms with Gasteiger partial charge in [0.1, 0.15) is 6.61 Å². The molecule has 1 fully saturated rings. The molecule has 0 spiro atoms. The van der Waals surface area contributed by atoms with Gasteiger partial charge in [0.2, 0.25) is 6.29 Å². The average Bonchev–Trinajstić information content (AvgIpc) is 3.11. The van der Waals surface area contributed by atoms with Crippen molar-refractivity contribution in [3.63, 3.8) is 0 Å². The second kappa shape index (κ2) is 31.7. The third-order valence-corrected chi connectivity index (χ3v) is 7.16. The number of esters is 2. The molecule has 3 atom stereocenters. The van der Waals surface area contributed by atoms with Gasteiger partial charge in [-0.25, -0.2) is 9.59 Å². The average molecular weight is 613 g/mol. The summed E-state index contributed by atoms with van der Waals surface area (Å²) in [6.45, 7) is 14.5. The largest absolute Gasteiger partial charge is 0.460 e. The normalized spacial score (nSPS) is 17.7. The molecule has 1 saturated heterocycles. The lowest BCUT2D eigenvalue weighted by Gasteiger charge is -2.16. The monoisotopic (exact) mass is 612 g/mol. The molecule has 0 amide bonds. The van der Waals surface area contributed by atoms with Gasteiger partial charge in [-0.15, -0.1) is 0 Å². The van der Waals surface area contributed by atoms with Crippen LogP contribution in [-0.2, 0) is 38.0 Å². The molecule has 252 valence electrons. The molecular weight excluding hydrogens is 548 g/mol. The van der Waals surface area contributed by atoms with Gasteiger partial charge < -0.3 is 28.4 Å². The predicted molar refractivity (Wildman–Crippen MR) is 173 cm³/mol. The van der Waals surface area contributed by atoms with Crippen LogP contribution >= 0.6 is 0 Å². The number of unbranched alkanes of at least 4 members (excludes halogenated alkanes) is 16. The number of hydrogen-bond acceptors (Lipinski definition) is 8. The van der Waals surface area contributed by atoms with Gasteiger partial charge >= 0.3 is 11.9 Å². The molecule has 43 heavy (non-hydrogen) atoms. The minimum Gasteiger partial charge on any atom is -0.460 e. The molecule has 1 aliphatic heterocycles. The summed E-state index contributed by atoms with van der Waals surface area (Å²) in [6, 6.07) is 0. The number of carbonyl (C=O) groups is 2. The van der Waals surface area contributed by atoms with Crippen molar-refractivity contribution in [1.82, 2.24) is 0 Å². The van der Waals surface area contributed by atoms with Crippen LogP contribution in [0.2, 0.25) is 0 Å². The fraction of sp³-hybridized carbons (Fsp3) is 0.829. The zero-order chi connectivity index (χ0) is 31.8. The van der Waals surface area contributed by atoms with Crippen LogP contribution in [-0.4, -0.2) is 63.7 Å². The zero-order valence-corrected chi connectivity index (χ0v) is 27.8. The Labute approximate surface area is 263 Å². The minimum atomic E-state index is -0.732. The Morgan fingerprint density at radius 1 is 0.698 bits per heavy atom. The first-order chi connectivity index (χ1) is 21.0. The van der Waals surface area contributed by atoms with E-state index in [1.54, 1.807) is 0 Å². The van der Waals surface area contributed by atoms with Crippen LogP contribution < -0.4 is 0 Å². The highest BCUT2D eigenvalue weighted by atomic mass is 16.7. The quantitative estimate of drug-likeness (QED) is 0.0608. The van der Waals surface area contributed by atoms with E-state index < -0.39 is 18.5 Å². The Kier molecular flexibility index (Phi) is 30.4. The van der Waals surface area contributed by atoms with E-state index >= 15 is 0 Å². The van der Waals surface area contributed by atoms with Crippen LogP contribution in [0, 0.1) is 0 Å². The van der Waals surface area contributed by atoms with Gasteiger partial charge in [0.15, 0.2) is 6.29 Å². The molecule has 0 aliphatic carbocycles. The van der Waals surface area contributed by atoms with E-state index in [9.17, 15) is 9.59 Å². The van der Waals surface area contributed by atoms with E-state index in [-0.39, 0.29) is 25.3 Å². The molecule has 0 aromatic rings. The summed E-state index contributed by atoms with van der Waals surface area (Å²) in [5, 5.41) is 0. The van der Waals surface area contributed by atoms with Crippen molar-refractivity contribution in [2.75, 3.05) is 33.0 Å². The van der Waals surface area contributed by atoms with Gasteiger partial charge in [0.25, 0.3) is 0 Å². The number of rotatable bonds is 24. The second-order valence-corrected chi connectivity index (χ2v) is 11.1. The molecule has 1 aliphatic rings. The van der Waals surface area contributed by atoms with Crippen LogP contribution in [0.1, 0.15) is 136 Å². The van der Waals surface area contributed by atoms with Crippen molar-refractivity contribution >= 4 is 11.9 Å². The first-order valence-electron chi connectivity index (χ1n) is 17.0. The Morgan fingerprint density at radius 2 is 1.14 bits per heavy atom. The Bertz CT molecular complexity index is 668. The van der Waals surface area contributed by atoms with Crippen molar-refractivity contribution < 1.29 is 38.0 Å². The highest BCUT2D eigenvalue weighted by Gasteiger charge is 2.18. The van der Waals surface area contributed by atoms with Crippen LogP contribution in [0.5, 0.6) is 0 Å². The summed E-state index contributed by atoms with van der Waals surface area (Å²) in [4.78, 5) is 22.1. The molecule has 1 heterocycles. The van der Waals surface area contributed by atoms with Crippen molar-refractivity contribution in [2.24, 2.45) is 0 Å². The number of hydrogen-bond donors (Lipinski definition) is 0. The summed E-state index contributed by atoms with van der Waals surface area (Å²) in [5.74, 6) is -0.843. The summed E-state index contributed by atoms with van der Waals surface area (Å²) < 4.78 is 31.3. The Morgan fingerprint density at radius 3 is 1.60 bits per heavy atom. The summed E-state index contributed by atoms with van der Waals surface area (Å²) in [5.41, 5.74) is 0. The highest BCUT2D eigenvalue weighted by Crippen LogP contribution is 2.15. The van der Waals surface area contributed by atoms with Gasteiger partial charge in [-0.1, -0.05) is 123 Å². The van der Waals surface area contributed by atoms with Gasteiger partial charge in [-0.05, 0) is 26.7 Å². The molecule has 3 unspecified atom stereocenters. The standard InChI is InChI=1S/C24H46O2.C11H18O6/c1-4-6-7-8-9-10-11-12-13-14-15-16-17-18-19-20-21-22-23(3)26-24(25)5-2;1-3-9(12)17-11-8-13-7-10(14-4-2)15-5-6-16-11/h5,23H,2,4,6-22H2,1,3H3;3,10-11H,1,4-8H2,2H3. The first kappa shape index (κ1) is 41.3. The maximum Gasteiger partial charge on any atom is 0.332 e. The minimum absolute atomic E-state index is 0.0249. The van der Waals surface area contributed by atoms with Crippen LogP contribution in [0.3, 0.4) is 0 Å². The van der Waals surface area contributed by atoms with Gasteiger partial charge in [-0.2, -0.15) is 0 Å². The van der Waals surface area contributed by atoms with Crippen LogP contribution in [0.15, 0.2) is 25.3 Å².